The Hall–Kier alpha value is -3.37. The first-order valence-corrected chi connectivity index (χ1v) is 10.6. The Labute approximate surface area is 186 Å². The SMILES string of the molecule is Cc1ccnc(C(=O)N2C3CCC2C(Cc2ncc(C(F)(F)F)cc2F)C3)c1-n1nccn1. The summed E-state index contributed by atoms with van der Waals surface area (Å²) in [6, 6.07) is 2.06. The molecular weight excluding hydrogens is 440 g/mol. The van der Waals surface area contributed by atoms with E-state index in [1.54, 1.807) is 17.2 Å². The van der Waals surface area contributed by atoms with Gasteiger partial charge in [-0.3, -0.25) is 9.78 Å². The number of halogens is 4. The highest BCUT2D eigenvalue weighted by atomic mass is 19.4. The van der Waals surface area contributed by atoms with Crippen molar-refractivity contribution < 1.29 is 22.4 Å². The molecular formula is C22H20F4N6O. The first-order valence-electron chi connectivity index (χ1n) is 10.6. The Kier molecular flexibility index (Phi) is 5.13. The van der Waals surface area contributed by atoms with Gasteiger partial charge < -0.3 is 4.90 Å². The van der Waals surface area contributed by atoms with Crippen LogP contribution in [0.1, 0.15) is 46.6 Å². The zero-order valence-corrected chi connectivity index (χ0v) is 17.6. The van der Waals surface area contributed by atoms with Crippen LogP contribution in [-0.2, 0) is 12.6 Å². The number of hydrogen-bond acceptors (Lipinski definition) is 5. The van der Waals surface area contributed by atoms with Gasteiger partial charge in [0.25, 0.3) is 5.91 Å². The number of rotatable bonds is 4. The zero-order chi connectivity index (χ0) is 23.3. The molecule has 33 heavy (non-hydrogen) atoms. The molecule has 0 aromatic carbocycles. The first kappa shape index (κ1) is 21.5. The monoisotopic (exact) mass is 460 g/mol. The molecule has 3 atom stereocenters. The van der Waals surface area contributed by atoms with Crippen molar-refractivity contribution in [1.82, 2.24) is 29.9 Å². The lowest BCUT2D eigenvalue weighted by Gasteiger charge is -2.25. The number of hydrogen-bond donors (Lipinski definition) is 0. The van der Waals surface area contributed by atoms with Gasteiger partial charge in [0.2, 0.25) is 0 Å². The second-order valence-electron chi connectivity index (χ2n) is 8.50. The molecule has 0 aliphatic carbocycles. The summed E-state index contributed by atoms with van der Waals surface area (Å²) in [5, 5.41) is 8.28. The van der Waals surface area contributed by atoms with Crippen LogP contribution in [0.5, 0.6) is 0 Å². The molecule has 2 fully saturated rings. The molecule has 3 aromatic heterocycles. The van der Waals surface area contributed by atoms with Gasteiger partial charge in [-0.1, -0.05) is 0 Å². The van der Waals surface area contributed by atoms with E-state index in [0.717, 1.165) is 18.4 Å². The number of pyridine rings is 2. The van der Waals surface area contributed by atoms with Crippen molar-refractivity contribution in [2.45, 2.75) is 50.9 Å². The summed E-state index contributed by atoms with van der Waals surface area (Å²) in [6.45, 7) is 1.84. The fourth-order valence-electron chi connectivity index (χ4n) is 5.08. The lowest BCUT2D eigenvalue weighted by atomic mass is 9.85. The van der Waals surface area contributed by atoms with Crippen LogP contribution in [0.25, 0.3) is 5.69 Å². The number of fused-ring (bicyclic) bond motifs is 2. The summed E-state index contributed by atoms with van der Waals surface area (Å²) in [7, 11) is 0. The molecule has 1 amide bonds. The molecule has 0 radical (unpaired) electrons. The molecule has 2 bridgehead atoms. The summed E-state index contributed by atoms with van der Waals surface area (Å²) >= 11 is 0. The van der Waals surface area contributed by atoms with E-state index in [-0.39, 0.29) is 41.7 Å². The van der Waals surface area contributed by atoms with Crippen LogP contribution in [0.2, 0.25) is 0 Å². The number of carbonyl (C=O) groups excluding carboxylic acids is 1. The van der Waals surface area contributed by atoms with E-state index in [2.05, 4.69) is 20.2 Å². The van der Waals surface area contributed by atoms with Gasteiger partial charge >= 0.3 is 6.18 Å². The second-order valence-corrected chi connectivity index (χ2v) is 8.50. The van der Waals surface area contributed by atoms with Crippen LogP contribution in [0.4, 0.5) is 17.6 Å². The third-order valence-corrected chi connectivity index (χ3v) is 6.55. The molecule has 3 unspecified atom stereocenters. The highest BCUT2D eigenvalue weighted by Gasteiger charge is 2.49. The summed E-state index contributed by atoms with van der Waals surface area (Å²) in [4.78, 5) is 24.8. The van der Waals surface area contributed by atoms with E-state index in [1.165, 1.54) is 17.2 Å². The number of nitrogens with zero attached hydrogens (tertiary/aromatic N) is 6. The zero-order valence-electron chi connectivity index (χ0n) is 17.6. The summed E-state index contributed by atoms with van der Waals surface area (Å²) in [5.74, 6) is -1.32. The predicted molar refractivity (Wildman–Crippen MR) is 108 cm³/mol. The molecule has 172 valence electrons. The van der Waals surface area contributed by atoms with Gasteiger partial charge in [0, 0.05) is 24.5 Å². The van der Waals surface area contributed by atoms with Crippen LogP contribution in [0, 0.1) is 18.7 Å². The van der Waals surface area contributed by atoms with E-state index >= 15 is 0 Å². The number of carbonyl (C=O) groups is 1. The predicted octanol–water partition coefficient (Wildman–Crippen LogP) is 3.76. The molecule has 11 heteroatoms. The van der Waals surface area contributed by atoms with Crippen LogP contribution in [0.3, 0.4) is 0 Å². The minimum Gasteiger partial charge on any atom is -0.331 e. The average Bonchev–Trinajstić information content (AvgIpc) is 3.50. The van der Waals surface area contributed by atoms with Crippen molar-refractivity contribution in [3.05, 3.63) is 65.3 Å². The first-order chi connectivity index (χ1) is 15.7. The van der Waals surface area contributed by atoms with Crippen molar-refractivity contribution in [1.29, 1.82) is 0 Å². The molecule has 3 aromatic rings. The quantitative estimate of drug-likeness (QED) is 0.554. The minimum absolute atomic E-state index is 0.0111. The molecule has 0 N–H and O–H groups in total. The maximum atomic E-state index is 14.4. The van der Waals surface area contributed by atoms with Gasteiger partial charge in [0.1, 0.15) is 11.5 Å². The standard InChI is InChI=1S/C22H20F4N6O/c1-12-4-5-27-19(20(12)32-29-6-7-30-32)21(33)31-15-2-3-18(31)13(8-15)9-17-16(23)10-14(11-28-17)22(24,25)26/h4-7,10-11,13,15,18H,2-3,8-9H2,1H3. The Morgan fingerprint density at radius 3 is 2.61 bits per heavy atom. The third-order valence-electron chi connectivity index (χ3n) is 6.55. The molecule has 2 saturated heterocycles. The lowest BCUT2D eigenvalue weighted by Crippen LogP contribution is -2.38. The minimum atomic E-state index is -4.65. The maximum Gasteiger partial charge on any atom is 0.417 e. The van der Waals surface area contributed by atoms with Crippen molar-refractivity contribution in [2.75, 3.05) is 0 Å². The summed E-state index contributed by atoms with van der Waals surface area (Å²) in [6.07, 6.45) is 2.97. The fourth-order valence-corrected chi connectivity index (χ4v) is 5.08. The van der Waals surface area contributed by atoms with Crippen molar-refractivity contribution >= 4 is 5.91 Å². The van der Waals surface area contributed by atoms with Crippen LogP contribution in [0.15, 0.2) is 36.9 Å². The molecule has 2 aliphatic heterocycles. The Morgan fingerprint density at radius 1 is 1.15 bits per heavy atom. The van der Waals surface area contributed by atoms with E-state index in [4.69, 9.17) is 0 Å². The molecule has 7 nitrogen and oxygen atoms in total. The van der Waals surface area contributed by atoms with Gasteiger partial charge in [-0.05, 0) is 56.2 Å². The van der Waals surface area contributed by atoms with Crippen molar-refractivity contribution in [2.24, 2.45) is 5.92 Å². The smallest absolute Gasteiger partial charge is 0.331 e. The highest BCUT2D eigenvalue weighted by molar-refractivity contribution is 5.97. The van der Waals surface area contributed by atoms with Gasteiger partial charge in [-0.2, -0.15) is 23.4 Å². The Balaban J connectivity index is 1.40. The van der Waals surface area contributed by atoms with Crippen LogP contribution in [-0.4, -0.2) is 47.9 Å². The normalized spacial score (nSPS) is 22.2. The van der Waals surface area contributed by atoms with Crippen molar-refractivity contribution in [3.63, 3.8) is 0 Å². The maximum absolute atomic E-state index is 14.4. The van der Waals surface area contributed by atoms with E-state index < -0.39 is 17.6 Å². The van der Waals surface area contributed by atoms with Crippen LogP contribution < -0.4 is 0 Å². The molecule has 5 heterocycles. The van der Waals surface area contributed by atoms with Crippen LogP contribution >= 0.6 is 0 Å². The van der Waals surface area contributed by atoms with Crippen molar-refractivity contribution in [3.8, 4) is 5.69 Å². The number of alkyl halides is 3. The Bertz CT molecular complexity index is 1200. The summed E-state index contributed by atoms with van der Waals surface area (Å²) < 4.78 is 52.9. The van der Waals surface area contributed by atoms with Gasteiger partial charge in [-0.25, -0.2) is 9.37 Å². The topological polar surface area (TPSA) is 76.8 Å². The van der Waals surface area contributed by atoms with E-state index in [1.807, 2.05) is 6.92 Å². The van der Waals surface area contributed by atoms with Gasteiger partial charge in [-0.15, -0.1) is 4.80 Å². The average molecular weight is 460 g/mol. The van der Waals surface area contributed by atoms with Gasteiger partial charge in [0.05, 0.1) is 23.7 Å². The van der Waals surface area contributed by atoms with E-state index in [0.29, 0.717) is 24.4 Å². The van der Waals surface area contributed by atoms with E-state index in [9.17, 15) is 22.4 Å². The number of aromatic nitrogens is 5. The summed E-state index contributed by atoms with van der Waals surface area (Å²) in [5.41, 5.74) is 0.416. The lowest BCUT2D eigenvalue weighted by molar-refractivity contribution is -0.138. The second kappa shape index (κ2) is 7.89. The highest BCUT2D eigenvalue weighted by Crippen LogP contribution is 2.44. The largest absolute Gasteiger partial charge is 0.417 e. The Morgan fingerprint density at radius 2 is 1.91 bits per heavy atom. The number of amides is 1. The number of aryl methyl sites for hydroxylation is 1. The third kappa shape index (κ3) is 3.75. The molecule has 2 aliphatic rings. The molecule has 5 rings (SSSR count). The van der Waals surface area contributed by atoms with Gasteiger partial charge in [0.15, 0.2) is 5.69 Å². The molecule has 0 saturated carbocycles. The fraction of sp³-hybridized carbons (Fsp3) is 0.409. The molecule has 0 spiro atoms.